The van der Waals surface area contributed by atoms with Crippen LogP contribution in [-0.2, 0) is 42.9 Å². The van der Waals surface area contributed by atoms with Crippen molar-refractivity contribution in [2.24, 2.45) is 11.8 Å². The minimum Gasteiger partial charge on any atom is -0.303 e. The Hall–Kier alpha value is -2.17. The number of nitrogens with one attached hydrogen (secondary N) is 1. The van der Waals surface area contributed by atoms with Crippen LogP contribution in [0.3, 0.4) is 0 Å². The topological polar surface area (TPSA) is 127 Å². The fourth-order valence-corrected chi connectivity index (χ4v) is 9.62. The smallest absolute Gasteiger partial charge is 0.235 e. The van der Waals surface area contributed by atoms with Crippen molar-refractivity contribution in [3.8, 4) is 0 Å². The summed E-state index contributed by atoms with van der Waals surface area (Å²) >= 11 is 0. The van der Waals surface area contributed by atoms with Gasteiger partial charge in [0.05, 0.1) is 12.0 Å². The average molecular weight is 888 g/mol. The van der Waals surface area contributed by atoms with Gasteiger partial charge in [-0.2, -0.15) is 4.31 Å². The van der Waals surface area contributed by atoms with Crippen molar-refractivity contribution in [2.75, 3.05) is 71.9 Å². The maximum absolute atomic E-state index is 12.4. The van der Waals surface area contributed by atoms with Crippen LogP contribution in [0.25, 0.3) is 0 Å². The van der Waals surface area contributed by atoms with E-state index < -0.39 is 30.1 Å². The summed E-state index contributed by atoms with van der Waals surface area (Å²) in [6.07, 6.45) is 6.59. The van der Waals surface area contributed by atoms with Gasteiger partial charge >= 0.3 is 0 Å². The van der Waals surface area contributed by atoms with Crippen LogP contribution in [0.5, 0.6) is 0 Å². The highest BCUT2D eigenvalue weighted by atomic mass is 32.2. The monoisotopic (exact) mass is 888 g/mol. The molecule has 344 valence electrons. The van der Waals surface area contributed by atoms with Crippen molar-refractivity contribution in [1.82, 2.24) is 23.1 Å². The normalized spacial score (nSPS) is 16.5. The zero-order chi connectivity index (χ0) is 45.7. The van der Waals surface area contributed by atoms with Crippen molar-refractivity contribution in [1.29, 1.82) is 0 Å². The third-order valence-corrected chi connectivity index (χ3v) is 14.3. The summed E-state index contributed by atoms with van der Waals surface area (Å²) in [7, 11) is -5.74. The molecule has 2 saturated heterocycles. The van der Waals surface area contributed by atoms with E-state index >= 15 is 0 Å². The van der Waals surface area contributed by atoms with Crippen molar-refractivity contribution >= 4 is 30.1 Å². The number of sulfonamides is 3. The highest BCUT2D eigenvalue weighted by Crippen LogP contribution is 2.23. The lowest BCUT2D eigenvalue weighted by Gasteiger charge is -2.35. The highest BCUT2D eigenvalue weighted by Gasteiger charge is 2.29. The Kier molecular flexibility index (Phi) is 32.5. The molecule has 1 N–H and O–H groups in total. The van der Waals surface area contributed by atoms with Crippen LogP contribution in [0.2, 0.25) is 0 Å². The first-order valence-corrected chi connectivity index (χ1v) is 27.0. The summed E-state index contributed by atoms with van der Waals surface area (Å²) in [4.78, 5) is 4.76. The van der Waals surface area contributed by atoms with Crippen LogP contribution in [0.15, 0.2) is 72.7 Å². The molecule has 2 fully saturated rings. The number of hydrogen-bond donors (Lipinski definition) is 1. The molecule has 2 aliphatic heterocycles. The second-order valence-electron chi connectivity index (χ2n) is 14.3. The lowest BCUT2D eigenvalue weighted by Crippen LogP contribution is -2.44. The molecule has 14 heteroatoms. The van der Waals surface area contributed by atoms with E-state index in [1.807, 2.05) is 67.5 Å². The molecule has 2 aromatic carbocycles. The van der Waals surface area contributed by atoms with Crippen LogP contribution in [0.4, 0.5) is 0 Å². The van der Waals surface area contributed by atoms with E-state index in [4.69, 9.17) is 0 Å². The molecule has 0 spiro atoms. The summed E-state index contributed by atoms with van der Waals surface area (Å²) in [5, 5.41) is 1.06. The minimum atomic E-state index is -3.42. The molecule has 2 aromatic rings. The van der Waals surface area contributed by atoms with E-state index in [1.54, 1.807) is 4.31 Å². The number of piperidine rings is 2. The molecule has 0 aromatic heterocycles. The fraction of sp³-hybridized carbons (Fsp3) is 0.689. The zero-order valence-electron chi connectivity index (χ0n) is 39.2. The van der Waals surface area contributed by atoms with Crippen molar-refractivity contribution in [3.63, 3.8) is 0 Å². The van der Waals surface area contributed by atoms with Crippen LogP contribution >= 0.6 is 0 Å². The summed E-state index contributed by atoms with van der Waals surface area (Å²) in [5.41, 5.74) is 2.68. The molecule has 11 nitrogen and oxygen atoms in total. The summed E-state index contributed by atoms with van der Waals surface area (Å²) in [6.45, 7) is 28.0. The van der Waals surface area contributed by atoms with E-state index in [-0.39, 0.29) is 12.3 Å². The Morgan fingerprint density at radius 1 is 0.644 bits per heavy atom. The maximum atomic E-state index is 12.4. The number of benzene rings is 2. The standard InChI is InChI=1S/C19H33N3O4S2.C18H28N2O2S.4C2H6/c1-17(15-18-7-5-4-6-8-18)21(2)16-19-9-12-22(13-10-19)28(25,26)14-11-20-27(3,23)24;1-4-23(21,22)20-12-10-18(11-13-20)15-19(3)16(2)14-17-8-6-5-7-9-17;4*1-2/h4-8,17,19-20H,9-16H2,1-3H3;4-9,16,18H,1,10-15H2,2-3H3;4*1-2H3. The van der Waals surface area contributed by atoms with E-state index in [9.17, 15) is 25.3 Å². The van der Waals surface area contributed by atoms with Gasteiger partial charge in [0.25, 0.3) is 0 Å². The Balaban J connectivity index is 0. The lowest BCUT2D eigenvalue weighted by atomic mass is 9.96. The predicted molar refractivity (Wildman–Crippen MR) is 254 cm³/mol. The SMILES string of the molecule is C=CS(=O)(=O)N1CCC(CN(C)C(C)Cc2ccccc2)CC1.CC.CC.CC.CC.CC(Cc1ccccc1)N(C)CC1CCN(S(=O)(=O)CCNS(C)(=O)=O)CC1. The van der Waals surface area contributed by atoms with Crippen molar-refractivity contribution in [3.05, 3.63) is 83.8 Å². The fourth-order valence-electron chi connectivity index (χ4n) is 6.70. The first-order valence-electron chi connectivity index (χ1n) is 22.0. The summed E-state index contributed by atoms with van der Waals surface area (Å²) < 4.78 is 75.8. The molecule has 2 heterocycles. The zero-order valence-corrected chi connectivity index (χ0v) is 41.7. The summed E-state index contributed by atoms with van der Waals surface area (Å²) in [6, 6.07) is 21.9. The Morgan fingerprint density at radius 3 is 1.31 bits per heavy atom. The van der Waals surface area contributed by atoms with Gasteiger partial charge in [-0.1, -0.05) is 123 Å². The quantitative estimate of drug-likeness (QED) is 0.170. The van der Waals surface area contributed by atoms with E-state index in [1.165, 1.54) is 15.4 Å². The molecule has 2 unspecified atom stereocenters. The molecule has 59 heavy (non-hydrogen) atoms. The van der Waals surface area contributed by atoms with Gasteiger partial charge < -0.3 is 9.80 Å². The van der Waals surface area contributed by atoms with Gasteiger partial charge in [-0.05, 0) is 89.4 Å². The second-order valence-corrected chi connectivity index (χ2v) is 20.1. The highest BCUT2D eigenvalue weighted by molar-refractivity contribution is 7.92. The molecule has 0 bridgehead atoms. The van der Waals surface area contributed by atoms with Crippen molar-refractivity contribution in [2.45, 2.75) is 120 Å². The Bertz CT molecular complexity index is 1650. The van der Waals surface area contributed by atoms with Crippen LogP contribution in [-0.4, -0.2) is 128 Å². The largest absolute Gasteiger partial charge is 0.303 e. The van der Waals surface area contributed by atoms with E-state index in [2.05, 4.69) is 97.6 Å². The lowest BCUT2D eigenvalue weighted by molar-refractivity contribution is 0.174. The molecule has 0 aliphatic carbocycles. The molecule has 2 atom stereocenters. The average Bonchev–Trinajstić information content (AvgIpc) is 3.24. The molecule has 0 saturated carbocycles. The van der Waals surface area contributed by atoms with Gasteiger partial charge in [0.2, 0.25) is 30.1 Å². The maximum Gasteiger partial charge on any atom is 0.235 e. The van der Waals surface area contributed by atoms with Gasteiger partial charge in [-0.25, -0.2) is 34.3 Å². The number of nitrogens with zero attached hydrogens (tertiary/aromatic N) is 4. The van der Waals surface area contributed by atoms with E-state index in [0.717, 1.165) is 63.3 Å². The van der Waals surface area contributed by atoms with Crippen LogP contribution in [0, 0.1) is 11.8 Å². The van der Waals surface area contributed by atoms with Crippen molar-refractivity contribution < 1.29 is 25.3 Å². The number of rotatable bonds is 17. The first-order chi connectivity index (χ1) is 28.0. The third-order valence-electron chi connectivity index (χ3n) is 10.2. The van der Waals surface area contributed by atoms with Crippen LogP contribution in [0.1, 0.15) is 106 Å². The predicted octanol–water partition coefficient (Wildman–Crippen LogP) is 7.98. The van der Waals surface area contributed by atoms with Crippen LogP contribution < -0.4 is 4.72 Å². The molecule has 4 rings (SSSR count). The Labute approximate surface area is 364 Å². The third kappa shape index (κ3) is 24.8. The molecule has 0 amide bonds. The number of hydrogen-bond acceptors (Lipinski definition) is 8. The van der Waals surface area contributed by atoms with Gasteiger partial charge in [0, 0.05) is 63.3 Å². The minimum absolute atomic E-state index is 0.0825. The van der Waals surface area contributed by atoms with Gasteiger partial charge in [0.15, 0.2) is 0 Å². The molecule has 0 radical (unpaired) electrons. The second kappa shape index (κ2) is 32.5. The first kappa shape index (κ1) is 58.9. The molecule has 2 aliphatic rings. The van der Waals surface area contributed by atoms with Gasteiger partial charge in [0.1, 0.15) is 0 Å². The Morgan fingerprint density at radius 2 is 0.983 bits per heavy atom. The van der Waals surface area contributed by atoms with E-state index in [0.29, 0.717) is 50.1 Å². The molecular formula is C45H85N5O6S3. The molecular weight excluding hydrogens is 803 g/mol. The van der Waals surface area contributed by atoms with Gasteiger partial charge in [-0.15, -0.1) is 0 Å². The summed E-state index contributed by atoms with van der Waals surface area (Å²) in [5.74, 6) is 0.844. The van der Waals surface area contributed by atoms with Gasteiger partial charge in [-0.3, -0.25) is 0 Å². The number of likely N-dealkylation sites (N-methyl/N-ethyl adjacent to an activating group) is 2.